The molecule has 0 radical (unpaired) electrons. The molecule has 0 aliphatic carbocycles. The molecule has 2 N–H and O–H groups in total. The van der Waals surface area contributed by atoms with Crippen LogP contribution in [0.5, 0.6) is 0 Å². The van der Waals surface area contributed by atoms with Crippen LogP contribution < -0.4 is 5.32 Å². The van der Waals surface area contributed by atoms with Crippen LogP contribution >= 0.6 is 15.9 Å². The second-order valence-corrected chi connectivity index (χ2v) is 4.51. The molecule has 3 nitrogen and oxygen atoms in total. The van der Waals surface area contributed by atoms with E-state index in [2.05, 4.69) is 21.2 Å². The lowest BCUT2D eigenvalue weighted by Crippen LogP contribution is -2.14. The number of anilines is 1. The standard InChI is InChI=1S/C11H14BrNO2/c1-8(5-11(14)15)7-13-10-4-2-3-9(12)6-10/h2-4,6,8,13H,5,7H2,1H3,(H,14,15). The molecule has 1 rings (SSSR count). The highest BCUT2D eigenvalue weighted by atomic mass is 79.9. The lowest BCUT2D eigenvalue weighted by molar-refractivity contribution is -0.137. The average molecular weight is 272 g/mol. The van der Waals surface area contributed by atoms with Crippen molar-refractivity contribution < 1.29 is 9.90 Å². The van der Waals surface area contributed by atoms with Crippen molar-refractivity contribution in [2.75, 3.05) is 11.9 Å². The van der Waals surface area contributed by atoms with Gasteiger partial charge in [-0.05, 0) is 24.1 Å². The van der Waals surface area contributed by atoms with E-state index >= 15 is 0 Å². The number of hydrogen-bond donors (Lipinski definition) is 2. The van der Waals surface area contributed by atoms with E-state index < -0.39 is 5.97 Å². The van der Waals surface area contributed by atoms with Gasteiger partial charge in [-0.1, -0.05) is 28.9 Å². The molecular formula is C11H14BrNO2. The molecule has 0 saturated heterocycles. The maximum Gasteiger partial charge on any atom is 0.303 e. The fourth-order valence-corrected chi connectivity index (χ4v) is 1.66. The Morgan fingerprint density at radius 2 is 2.33 bits per heavy atom. The minimum atomic E-state index is -0.751. The Labute approximate surface area is 97.6 Å². The van der Waals surface area contributed by atoms with E-state index in [0.717, 1.165) is 10.2 Å². The maximum absolute atomic E-state index is 10.4. The Morgan fingerprint density at radius 3 is 2.93 bits per heavy atom. The van der Waals surface area contributed by atoms with Crippen molar-refractivity contribution in [3.63, 3.8) is 0 Å². The molecule has 0 fully saturated rings. The smallest absolute Gasteiger partial charge is 0.303 e. The summed E-state index contributed by atoms with van der Waals surface area (Å²) in [5.74, 6) is -0.625. The van der Waals surface area contributed by atoms with E-state index in [-0.39, 0.29) is 12.3 Å². The van der Waals surface area contributed by atoms with Gasteiger partial charge in [0, 0.05) is 23.1 Å². The highest BCUT2D eigenvalue weighted by Gasteiger charge is 2.06. The number of carboxylic acid groups (broad SMARTS) is 1. The molecular weight excluding hydrogens is 258 g/mol. The molecule has 1 aromatic carbocycles. The highest BCUT2D eigenvalue weighted by molar-refractivity contribution is 9.10. The lowest BCUT2D eigenvalue weighted by Gasteiger charge is -2.11. The molecule has 0 aliphatic heterocycles. The van der Waals surface area contributed by atoms with Gasteiger partial charge >= 0.3 is 5.97 Å². The van der Waals surface area contributed by atoms with Crippen molar-refractivity contribution in [1.82, 2.24) is 0 Å². The fourth-order valence-electron chi connectivity index (χ4n) is 1.26. The third-order valence-electron chi connectivity index (χ3n) is 2.00. The largest absolute Gasteiger partial charge is 0.481 e. The normalized spacial score (nSPS) is 12.1. The minimum Gasteiger partial charge on any atom is -0.481 e. The van der Waals surface area contributed by atoms with Gasteiger partial charge in [0.2, 0.25) is 0 Å². The SMILES string of the molecule is CC(CNc1cccc(Br)c1)CC(=O)O. The van der Waals surface area contributed by atoms with Gasteiger partial charge in [-0.25, -0.2) is 0 Å². The Morgan fingerprint density at radius 1 is 1.60 bits per heavy atom. The Bertz CT molecular complexity index is 341. The van der Waals surface area contributed by atoms with E-state index in [1.165, 1.54) is 0 Å². The average Bonchev–Trinajstić information content (AvgIpc) is 2.14. The second-order valence-electron chi connectivity index (χ2n) is 3.59. The summed E-state index contributed by atoms with van der Waals surface area (Å²) in [6.07, 6.45) is 0.195. The van der Waals surface area contributed by atoms with E-state index in [1.807, 2.05) is 31.2 Å². The lowest BCUT2D eigenvalue weighted by atomic mass is 10.1. The van der Waals surface area contributed by atoms with Gasteiger partial charge < -0.3 is 10.4 Å². The summed E-state index contributed by atoms with van der Waals surface area (Å²) in [6.45, 7) is 2.59. The zero-order chi connectivity index (χ0) is 11.3. The number of halogens is 1. The summed E-state index contributed by atoms with van der Waals surface area (Å²) >= 11 is 3.38. The van der Waals surface area contributed by atoms with E-state index in [0.29, 0.717) is 6.54 Å². The topological polar surface area (TPSA) is 49.3 Å². The first-order valence-electron chi connectivity index (χ1n) is 4.79. The summed E-state index contributed by atoms with van der Waals surface area (Å²) in [5.41, 5.74) is 1.00. The predicted octanol–water partition coefficient (Wildman–Crippen LogP) is 2.97. The summed E-state index contributed by atoms with van der Waals surface area (Å²) in [6, 6.07) is 7.81. The quantitative estimate of drug-likeness (QED) is 0.866. The van der Waals surface area contributed by atoms with Crippen molar-refractivity contribution in [1.29, 1.82) is 0 Å². The first kappa shape index (κ1) is 12.0. The fraction of sp³-hybridized carbons (Fsp3) is 0.364. The molecule has 1 atom stereocenters. The van der Waals surface area contributed by atoms with Gasteiger partial charge in [-0.3, -0.25) is 4.79 Å². The van der Waals surface area contributed by atoms with Crippen LogP contribution in [0.1, 0.15) is 13.3 Å². The van der Waals surface area contributed by atoms with Gasteiger partial charge in [-0.2, -0.15) is 0 Å². The maximum atomic E-state index is 10.4. The van der Waals surface area contributed by atoms with Crippen molar-refractivity contribution >= 4 is 27.6 Å². The van der Waals surface area contributed by atoms with Gasteiger partial charge in [0.15, 0.2) is 0 Å². The van der Waals surface area contributed by atoms with Crippen molar-refractivity contribution in [3.05, 3.63) is 28.7 Å². The number of hydrogen-bond acceptors (Lipinski definition) is 2. The molecule has 1 unspecified atom stereocenters. The second kappa shape index (κ2) is 5.75. The summed E-state index contributed by atoms with van der Waals surface area (Å²) in [5, 5.41) is 11.8. The van der Waals surface area contributed by atoms with Crippen LogP contribution in [0.15, 0.2) is 28.7 Å². The molecule has 1 aromatic rings. The Kier molecular flexibility index (Phi) is 4.62. The van der Waals surface area contributed by atoms with Crippen molar-refractivity contribution in [2.45, 2.75) is 13.3 Å². The first-order valence-corrected chi connectivity index (χ1v) is 5.58. The van der Waals surface area contributed by atoms with Crippen LogP contribution in [-0.4, -0.2) is 17.6 Å². The zero-order valence-electron chi connectivity index (χ0n) is 8.53. The summed E-state index contributed by atoms with van der Waals surface area (Å²) < 4.78 is 1.01. The Hall–Kier alpha value is -1.03. The molecule has 0 spiro atoms. The molecule has 0 bridgehead atoms. The van der Waals surface area contributed by atoms with Crippen molar-refractivity contribution in [3.8, 4) is 0 Å². The Balaban J connectivity index is 2.40. The monoisotopic (exact) mass is 271 g/mol. The zero-order valence-corrected chi connectivity index (χ0v) is 10.1. The highest BCUT2D eigenvalue weighted by Crippen LogP contribution is 2.16. The van der Waals surface area contributed by atoms with Gasteiger partial charge in [-0.15, -0.1) is 0 Å². The third-order valence-corrected chi connectivity index (χ3v) is 2.50. The number of benzene rings is 1. The molecule has 0 aliphatic rings. The summed E-state index contributed by atoms with van der Waals surface area (Å²) in [4.78, 5) is 10.4. The number of rotatable bonds is 5. The number of carboxylic acids is 1. The molecule has 82 valence electrons. The van der Waals surface area contributed by atoms with E-state index in [1.54, 1.807) is 0 Å². The molecule has 15 heavy (non-hydrogen) atoms. The van der Waals surface area contributed by atoms with Crippen LogP contribution in [0.25, 0.3) is 0 Å². The van der Waals surface area contributed by atoms with E-state index in [9.17, 15) is 4.79 Å². The van der Waals surface area contributed by atoms with Crippen LogP contribution in [0, 0.1) is 5.92 Å². The van der Waals surface area contributed by atoms with Crippen LogP contribution in [-0.2, 0) is 4.79 Å². The van der Waals surface area contributed by atoms with Crippen LogP contribution in [0.3, 0.4) is 0 Å². The van der Waals surface area contributed by atoms with Crippen LogP contribution in [0.2, 0.25) is 0 Å². The first-order chi connectivity index (χ1) is 7.08. The van der Waals surface area contributed by atoms with Gasteiger partial charge in [0.1, 0.15) is 0 Å². The molecule has 0 aromatic heterocycles. The number of aliphatic carboxylic acids is 1. The number of nitrogens with one attached hydrogen (secondary N) is 1. The van der Waals surface area contributed by atoms with Gasteiger partial charge in [0.25, 0.3) is 0 Å². The van der Waals surface area contributed by atoms with Crippen molar-refractivity contribution in [2.24, 2.45) is 5.92 Å². The molecule has 0 saturated carbocycles. The minimum absolute atomic E-state index is 0.126. The van der Waals surface area contributed by atoms with Gasteiger partial charge in [0.05, 0.1) is 0 Å². The third kappa shape index (κ3) is 4.83. The van der Waals surface area contributed by atoms with Crippen LogP contribution in [0.4, 0.5) is 5.69 Å². The number of carbonyl (C=O) groups is 1. The predicted molar refractivity (Wildman–Crippen MR) is 64.0 cm³/mol. The summed E-state index contributed by atoms with van der Waals surface area (Å²) in [7, 11) is 0. The molecule has 0 amide bonds. The molecule has 0 heterocycles. The van der Waals surface area contributed by atoms with E-state index in [4.69, 9.17) is 5.11 Å². The molecule has 4 heteroatoms.